The third-order valence-corrected chi connectivity index (χ3v) is 5.09. The monoisotopic (exact) mass is 275 g/mol. The van der Waals surface area contributed by atoms with Gasteiger partial charge in [0.25, 0.3) is 0 Å². The van der Waals surface area contributed by atoms with Crippen molar-refractivity contribution in [1.29, 1.82) is 0 Å². The first kappa shape index (κ1) is 13.6. The van der Waals surface area contributed by atoms with Crippen LogP contribution in [0.15, 0.2) is 46.2 Å². The maximum absolute atomic E-state index is 12.5. The Morgan fingerprint density at radius 2 is 1.32 bits per heavy atom. The Balaban J connectivity index is 2.58. The average Bonchev–Trinajstić information content (AvgIpc) is 2.35. The van der Waals surface area contributed by atoms with Gasteiger partial charge >= 0.3 is 0 Å². The lowest BCUT2D eigenvalue weighted by atomic mass is 10.1. The van der Waals surface area contributed by atoms with Crippen LogP contribution in [0.5, 0.6) is 0 Å². The zero-order chi connectivity index (χ0) is 14.2. The zero-order valence-corrected chi connectivity index (χ0v) is 12.1. The normalized spacial score (nSPS) is 11.5. The highest BCUT2D eigenvalue weighted by molar-refractivity contribution is 7.91. The molecular formula is C15H17NO2S. The Bertz CT molecular complexity index is 676. The second kappa shape index (κ2) is 4.70. The number of hydrogen-bond acceptors (Lipinski definition) is 3. The molecule has 2 rings (SSSR count). The van der Waals surface area contributed by atoms with E-state index >= 15 is 0 Å². The first-order valence-corrected chi connectivity index (χ1v) is 7.49. The van der Waals surface area contributed by atoms with Crippen molar-refractivity contribution in [3.8, 4) is 0 Å². The summed E-state index contributed by atoms with van der Waals surface area (Å²) in [6.45, 7) is 5.66. The smallest absolute Gasteiger partial charge is 0.206 e. The molecule has 0 unspecified atom stereocenters. The molecule has 19 heavy (non-hydrogen) atoms. The molecule has 2 aromatic carbocycles. The third-order valence-electron chi connectivity index (χ3n) is 3.34. The van der Waals surface area contributed by atoms with E-state index in [0.717, 1.165) is 16.7 Å². The van der Waals surface area contributed by atoms with E-state index in [1.54, 1.807) is 37.3 Å². The van der Waals surface area contributed by atoms with E-state index < -0.39 is 9.84 Å². The molecule has 3 nitrogen and oxygen atoms in total. The van der Waals surface area contributed by atoms with E-state index in [0.29, 0.717) is 10.6 Å². The van der Waals surface area contributed by atoms with Gasteiger partial charge in [-0.1, -0.05) is 6.07 Å². The summed E-state index contributed by atoms with van der Waals surface area (Å²) in [6.07, 6.45) is 0. The molecule has 0 bridgehead atoms. The predicted molar refractivity (Wildman–Crippen MR) is 77.0 cm³/mol. The van der Waals surface area contributed by atoms with Crippen LogP contribution in [0.25, 0.3) is 0 Å². The highest BCUT2D eigenvalue weighted by Crippen LogP contribution is 2.25. The summed E-state index contributed by atoms with van der Waals surface area (Å²) in [5.74, 6) is 0. The van der Waals surface area contributed by atoms with Gasteiger partial charge in [0.2, 0.25) is 9.84 Å². The molecule has 2 aromatic rings. The number of nitrogens with two attached hydrogens (primary N) is 1. The van der Waals surface area contributed by atoms with Gasteiger partial charge < -0.3 is 5.73 Å². The van der Waals surface area contributed by atoms with E-state index in [-0.39, 0.29) is 4.90 Å². The third kappa shape index (κ3) is 2.49. The summed E-state index contributed by atoms with van der Waals surface area (Å²) in [4.78, 5) is 0.599. The highest BCUT2D eigenvalue weighted by atomic mass is 32.2. The fourth-order valence-corrected chi connectivity index (χ4v) is 3.26. The lowest BCUT2D eigenvalue weighted by Gasteiger charge is -2.09. The molecule has 0 fully saturated rings. The van der Waals surface area contributed by atoms with Crippen molar-refractivity contribution in [2.45, 2.75) is 30.6 Å². The van der Waals surface area contributed by atoms with Crippen molar-refractivity contribution in [3.05, 3.63) is 53.1 Å². The van der Waals surface area contributed by atoms with Gasteiger partial charge in [0.15, 0.2) is 0 Å². The number of aryl methyl sites for hydroxylation is 3. The van der Waals surface area contributed by atoms with Crippen LogP contribution < -0.4 is 5.73 Å². The van der Waals surface area contributed by atoms with Crippen LogP contribution in [0.1, 0.15) is 16.7 Å². The summed E-state index contributed by atoms with van der Waals surface area (Å²) in [7, 11) is -3.47. The van der Waals surface area contributed by atoms with Crippen LogP contribution >= 0.6 is 0 Å². The van der Waals surface area contributed by atoms with Crippen LogP contribution in [-0.4, -0.2) is 8.42 Å². The summed E-state index contributed by atoms with van der Waals surface area (Å²) < 4.78 is 25.0. The van der Waals surface area contributed by atoms with Crippen molar-refractivity contribution < 1.29 is 8.42 Å². The Morgan fingerprint density at radius 1 is 0.789 bits per heavy atom. The van der Waals surface area contributed by atoms with Crippen molar-refractivity contribution in [2.24, 2.45) is 0 Å². The van der Waals surface area contributed by atoms with E-state index in [4.69, 9.17) is 5.73 Å². The van der Waals surface area contributed by atoms with Crippen molar-refractivity contribution in [1.82, 2.24) is 0 Å². The number of anilines is 1. The van der Waals surface area contributed by atoms with Crippen molar-refractivity contribution >= 4 is 15.5 Å². The molecule has 0 atom stereocenters. The van der Waals surface area contributed by atoms with Gasteiger partial charge in [-0.3, -0.25) is 0 Å². The SMILES string of the molecule is Cc1ccc(S(=O)(=O)c2ccc(N)c(C)c2)cc1C. The molecule has 4 heteroatoms. The van der Waals surface area contributed by atoms with Gasteiger partial charge in [-0.15, -0.1) is 0 Å². The zero-order valence-electron chi connectivity index (χ0n) is 11.3. The molecule has 0 aliphatic carbocycles. The second-order valence-corrected chi connectivity index (χ2v) is 6.72. The number of rotatable bonds is 2. The molecule has 0 aliphatic rings. The largest absolute Gasteiger partial charge is 0.399 e. The molecule has 0 amide bonds. The van der Waals surface area contributed by atoms with Gasteiger partial charge in [-0.2, -0.15) is 0 Å². The molecule has 0 spiro atoms. The number of nitrogen functional groups attached to an aromatic ring is 1. The Morgan fingerprint density at radius 3 is 1.84 bits per heavy atom. The Labute approximate surface area is 114 Å². The molecule has 0 saturated heterocycles. The van der Waals surface area contributed by atoms with Crippen LogP contribution in [0.2, 0.25) is 0 Å². The predicted octanol–water partition coefficient (Wildman–Crippen LogP) is 3.03. The minimum absolute atomic E-state index is 0.280. The molecule has 0 heterocycles. The molecule has 0 radical (unpaired) electrons. The van der Waals surface area contributed by atoms with Gasteiger partial charge in [-0.25, -0.2) is 8.42 Å². The highest BCUT2D eigenvalue weighted by Gasteiger charge is 2.18. The molecule has 0 aliphatic heterocycles. The molecule has 0 aromatic heterocycles. The number of benzene rings is 2. The minimum Gasteiger partial charge on any atom is -0.399 e. The maximum atomic E-state index is 12.5. The lowest BCUT2D eigenvalue weighted by molar-refractivity contribution is 0.596. The van der Waals surface area contributed by atoms with E-state index in [1.807, 2.05) is 19.9 Å². The quantitative estimate of drug-likeness (QED) is 0.857. The molecule has 2 N–H and O–H groups in total. The second-order valence-electron chi connectivity index (χ2n) is 4.77. The maximum Gasteiger partial charge on any atom is 0.206 e. The van der Waals surface area contributed by atoms with Crippen molar-refractivity contribution in [2.75, 3.05) is 5.73 Å². The summed E-state index contributed by atoms with van der Waals surface area (Å²) in [5.41, 5.74) is 9.13. The lowest BCUT2D eigenvalue weighted by Crippen LogP contribution is -2.04. The average molecular weight is 275 g/mol. The standard InChI is InChI=1S/C15H17NO2S/c1-10-4-5-13(8-11(10)2)19(17,18)14-6-7-15(16)12(3)9-14/h4-9H,16H2,1-3H3. The van der Waals surface area contributed by atoms with Gasteiger partial charge in [0.1, 0.15) is 0 Å². The molecular weight excluding hydrogens is 258 g/mol. The van der Waals surface area contributed by atoms with Crippen molar-refractivity contribution in [3.63, 3.8) is 0 Å². The first-order chi connectivity index (χ1) is 8.82. The van der Waals surface area contributed by atoms with E-state index in [2.05, 4.69) is 0 Å². The van der Waals surface area contributed by atoms with E-state index in [9.17, 15) is 8.42 Å². The fraction of sp³-hybridized carbons (Fsp3) is 0.200. The first-order valence-electron chi connectivity index (χ1n) is 6.01. The van der Waals surface area contributed by atoms with Gasteiger partial charge in [0.05, 0.1) is 9.79 Å². The topological polar surface area (TPSA) is 60.2 Å². The number of sulfone groups is 1. The Kier molecular flexibility index (Phi) is 3.37. The Hall–Kier alpha value is -1.81. The van der Waals surface area contributed by atoms with Gasteiger partial charge in [0, 0.05) is 5.69 Å². The van der Waals surface area contributed by atoms with E-state index in [1.165, 1.54) is 0 Å². The summed E-state index contributed by atoms with van der Waals surface area (Å²) in [5, 5.41) is 0. The molecule has 100 valence electrons. The van der Waals surface area contributed by atoms with Gasteiger partial charge in [-0.05, 0) is 67.8 Å². The van der Waals surface area contributed by atoms with Crippen LogP contribution in [0.3, 0.4) is 0 Å². The number of hydrogen-bond donors (Lipinski definition) is 1. The van der Waals surface area contributed by atoms with Crippen LogP contribution in [0.4, 0.5) is 5.69 Å². The minimum atomic E-state index is -3.47. The fourth-order valence-electron chi connectivity index (χ4n) is 1.83. The van der Waals surface area contributed by atoms with Crippen LogP contribution in [-0.2, 0) is 9.84 Å². The van der Waals surface area contributed by atoms with Crippen LogP contribution in [0, 0.1) is 20.8 Å². The summed E-state index contributed by atoms with van der Waals surface area (Å²) in [6, 6.07) is 9.96. The summed E-state index contributed by atoms with van der Waals surface area (Å²) >= 11 is 0. The molecule has 0 saturated carbocycles.